The first-order valence-corrected chi connectivity index (χ1v) is 9.81. The zero-order valence-corrected chi connectivity index (χ0v) is 16.7. The van der Waals surface area contributed by atoms with Gasteiger partial charge in [-0.1, -0.05) is 38.3 Å². The van der Waals surface area contributed by atoms with Crippen molar-refractivity contribution < 1.29 is 4.79 Å². The van der Waals surface area contributed by atoms with E-state index in [1.165, 1.54) is 32.1 Å². The first kappa shape index (κ1) is 20.3. The predicted molar refractivity (Wildman–Crippen MR) is 109 cm³/mol. The van der Waals surface area contributed by atoms with Crippen LogP contribution in [-0.2, 0) is 6.42 Å². The molecule has 1 fully saturated rings. The lowest BCUT2D eigenvalue weighted by molar-refractivity contribution is 0.0827. The molecule has 2 rings (SSSR count). The molecule has 1 aliphatic carbocycles. The van der Waals surface area contributed by atoms with Gasteiger partial charge in [-0.05, 0) is 42.9 Å². The number of carbonyl (C=O) groups excluding carboxylic acids is 1. The molecule has 26 heavy (non-hydrogen) atoms. The first-order valence-electron chi connectivity index (χ1n) is 9.81. The molecule has 0 bridgehead atoms. The maximum atomic E-state index is 12.1. The van der Waals surface area contributed by atoms with Crippen LogP contribution in [0.15, 0.2) is 29.3 Å². The Morgan fingerprint density at radius 2 is 2.12 bits per heavy atom. The van der Waals surface area contributed by atoms with Crippen molar-refractivity contribution in [2.45, 2.75) is 51.5 Å². The summed E-state index contributed by atoms with van der Waals surface area (Å²) in [6.07, 6.45) is 7.27. The van der Waals surface area contributed by atoms with Gasteiger partial charge < -0.3 is 15.5 Å². The van der Waals surface area contributed by atoms with Gasteiger partial charge in [0.25, 0.3) is 5.91 Å². The van der Waals surface area contributed by atoms with E-state index in [1.807, 2.05) is 25.2 Å². The molecule has 1 aliphatic rings. The molecule has 1 aromatic carbocycles. The average molecular weight is 359 g/mol. The second-order valence-corrected chi connectivity index (χ2v) is 7.43. The van der Waals surface area contributed by atoms with Crippen molar-refractivity contribution in [2.75, 3.05) is 27.7 Å². The fourth-order valence-electron chi connectivity index (χ4n) is 3.62. The van der Waals surface area contributed by atoms with Crippen molar-refractivity contribution in [3.63, 3.8) is 0 Å². The van der Waals surface area contributed by atoms with E-state index in [0.717, 1.165) is 36.0 Å². The Hall–Kier alpha value is -2.04. The molecule has 0 heterocycles. The van der Waals surface area contributed by atoms with Crippen LogP contribution in [0.5, 0.6) is 0 Å². The van der Waals surface area contributed by atoms with Gasteiger partial charge in [0, 0.05) is 39.3 Å². The van der Waals surface area contributed by atoms with Crippen molar-refractivity contribution in [2.24, 2.45) is 10.9 Å². The molecule has 0 aliphatic heterocycles. The monoisotopic (exact) mass is 358 g/mol. The van der Waals surface area contributed by atoms with Crippen molar-refractivity contribution in [1.82, 2.24) is 15.5 Å². The maximum Gasteiger partial charge on any atom is 0.253 e. The van der Waals surface area contributed by atoms with Crippen LogP contribution in [0.2, 0.25) is 0 Å². The predicted octanol–water partition coefficient (Wildman–Crippen LogP) is 3.06. The number of aliphatic imine (C=N–C) groups is 1. The topological polar surface area (TPSA) is 56.7 Å². The Kier molecular flexibility index (Phi) is 7.95. The molecular formula is C21H34N4O. The molecule has 1 amide bonds. The minimum absolute atomic E-state index is 0.0417. The van der Waals surface area contributed by atoms with Gasteiger partial charge in [-0.25, -0.2) is 0 Å². The van der Waals surface area contributed by atoms with Crippen molar-refractivity contribution >= 4 is 11.9 Å². The average Bonchev–Trinajstić information content (AvgIpc) is 2.66. The SMILES string of the molecule is CCC1CCCC(NC(=NC)NCCc2cccc(C(=O)N(C)C)c2)C1. The fraction of sp³-hybridized carbons (Fsp3) is 0.619. The lowest BCUT2D eigenvalue weighted by Crippen LogP contribution is -2.45. The standard InChI is InChI=1S/C21H34N4O/c1-5-16-8-7-11-19(15-16)24-21(22-2)23-13-12-17-9-6-10-18(14-17)20(26)25(3)4/h6,9-10,14,16,19H,5,7-8,11-13,15H2,1-4H3,(H2,22,23,24). The summed E-state index contributed by atoms with van der Waals surface area (Å²) in [5.74, 6) is 1.77. The lowest BCUT2D eigenvalue weighted by atomic mass is 9.84. The molecule has 0 saturated heterocycles. The minimum Gasteiger partial charge on any atom is -0.356 e. The van der Waals surface area contributed by atoms with Crippen LogP contribution < -0.4 is 10.6 Å². The molecule has 1 saturated carbocycles. The van der Waals surface area contributed by atoms with Crippen LogP contribution in [0, 0.1) is 5.92 Å². The molecule has 2 unspecified atom stereocenters. The maximum absolute atomic E-state index is 12.1. The van der Waals surface area contributed by atoms with Gasteiger partial charge in [0.2, 0.25) is 0 Å². The second-order valence-electron chi connectivity index (χ2n) is 7.43. The molecule has 2 N–H and O–H groups in total. The van der Waals surface area contributed by atoms with Crippen LogP contribution in [0.25, 0.3) is 0 Å². The number of hydrogen-bond acceptors (Lipinski definition) is 2. The zero-order valence-electron chi connectivity index (χ0n) is 16.7. The number of nitrogens with zero attached hydrogens (tertiary/aromatic N) is 2. The van der Waals surface area contributed by atoms with Gasteiger partial charge in [0.1, 0.15) is 0 Å². The Morgan fingerprint density at radius 3 is 2.81 bits per heavy atom. The highest BCUT2D eigenvalue weighted by Gasteiger charge is 2.21. The van der Waals surface area contributed by atoms with Crippen LogP contribution in [0.4, 0.5) is 0 Å². The molecule has 144 valence electrons. The number of nitrogens with one attached hydrogen (secondary N) is 2. The van der Waals surface area contributed by atoms with E-state index in [1.54, 1.807) is 19.0 Å². The minimum atomic E-state index is 0.0417. The largest absolute Gasteiger partial charge is 0.356 e. The highest BCUT2D eigenvalue weighted by Crippen LogP contribution is 2.26. The zero-order chi connectivity index (χ0) is 18.9. The highest BCUT2D eigenvalue weighted by atomic mass is 16.2. The van der Waals surface area contributed by atoms with Crippen molar-refractivity contribution in [3.05, 3.63) is 35.4 Å². The molecule has 0 spiro atoms. The van der Waals surface area contributed by atoms with Crippen LogP contribution in [0.1, 0.15) is 54.9 Å². The Labute approximate surface area is 158 Å². The summed E-state index contributed by atoms with van der Waals surface area (Å²) < 4.78 is 0. The van der Waals surface area contributed by atoms with Crippen LogP contribution in [0.3, 0.4) is 0 Å². The number of hydrogen-bond donors (Lipinski definition) is 2. The van der Waals surface area contributed by atoms with Crippen LogP contribution >= 0.6 is 0 Å². The Balaban J connectivity index is 1.82. The summed E-state index contributed by atoms with van der Waals surface area (Å²) in [5, 5.41) is 6.99. The number of guanidine groups is 1. The van der Waals surface area contributed by atoms with Gasteiger partial charge in [-0.2, -0.15) is 0 Å². The molecule has 2 atom stereocenters. The van der Waals surface area contributed by atoms with Crippen molar-refractivity contribution in [3.8, 4) is 0 Å². The summed E-state index contributed by atoms with van der Waals surface area (Å²) in [7, 11) is 5.38. The summed E-state index contributed by atoms with van der Waals surface area (Å²) in [4.78, 5) is 18.1. The van der Waals surface area contributed by atoms with E-state index >= 15 is 0 Å². The molecule has 0 radical (unpaired) electrons. The molecule has 5 nitrogen and oxygen atoms in total. The van der Waals surface area contributed by atoms with E-state index in [-0.39, 0.29) is 5.91 Å². The quantitative estimate of drug-likeness (QED) is 0.607. The van der Waals surface area contributed by atoms with Gasteiger partial charge >= 0.3 is 0 Å². The lowest BCUT2D eigenvalue weighted by Gasteiger charge is -2.30. The molecule has 1 aromatic rings. The molecule has 0 aromatic heterocycles. The first-order chi connectivity index (χ1) is 12.5. The summed E-state index contributed by atoms with van der Waals surface area (Å²) in [6.45, 7) is 3.08. The van der Waals surface area contributed by atoms with E-state index in [0.29, 0.717) is 6.04 Å². The van der Waals surface area contributed by atoms with Gasteiger partial charge in [-0.15, -0.1) is 0 Å². The van der Waals surface area contributed by atoms with E-state index in [4.69, 9.17) is 0 Å². The fourth-order valence-corrected chi connectivity index (χ4v) is 3.62. The number of rotatable bonds is 6. The van der Waals surface area contributed by atoms with E-state index < -0.39 is 0 Å². The van der Waals surface area contributed by atoms with E-state index in [2.05, 4.69) is 28.6 Å². The summed E-state index contributed by atoms with van der Waals surface area (Å²) in [5.41, 5.74) is 1.90. The summed E-state index contributed by atoms with van der Waals surface area (Å²) in [6, 6.07) is 8.39. The third kappa shape index (κ3) is 6.04. The van der Waals surface area contributed by atoms with Crippen LogP contribution in [-0.4, -0.2) is 50.5 Å². The molecule has 5 heteroatoms. The Bertz CT molecular complexity index is 612. The second kappa shape index (κ2) is 10.2. The van der Waals surface area contributed by atoms with Crippen molar-refractivity contribution in [1.29, 1.82) is 0 Å². The summed E-state index contributed by atoms with van der Waals surface area (Å²) >= 11 is 0. The number of carbonyl (C=O) groups is 1. The van der Waals surface area contributed by atoms with Gasteiger partial charge in [0.05, 0.1) is 0 Å². The van der Waals surface area contributed by atoms with Gasteiger partial charge in [-0.3, -0.25) is 9.79 Å². The highest BCUT2D eigenvalue weighted by molar-refractivity contribution is 5.94. The normalized spacial score (nSPS) is 20.5. The van der Waals surface area contributed by atoms with Gasteiger partial charge in [0.15, 0.2) is 5.96 Å². The smallest absolute Gasteiger partial charge is 0.253 e. The third-order valence-electron chi connectivity index (χ3n) is 5.21. The Morgan fingerprint density at radius 1 is 1.31 bits per heavy atom. The number of benzene rings is 1. The third-order valence-corrected chi connectivity index (χ3v) is 5.21. The van der Waals surface area contributed by atoms with E-state index in [9.17, 15) is 4.79 Å². The molecular weight excluding hydrogens is 324 g/mol. The number of amides is 1.